The number of phenols is 1. The normalized spacial score (nSPS) is 21.1. The first-order valence-corrected chi connectivity index (χ1v) is 10.8. The van der Waals surface area contributed by atoms with E-state index in [0.29, 0.717) is 22.8 Å². The van der Waals surface area contributed by atoms with Gasteiger partial charge in [0.1, 0.15) is 17.5 Å². The lowest BCUT2D eigenvalue weighted by Crippen LogP contribution is -2.40. The van der Waals surface area contributed by atoms with Crippen LogP contribution in [0.15, 0.2) is 41.2 Å². The van der Waals surface area contributed by atoms with Gasteiger partial charge < -0.3 is 15.3 Å². The Balaban J connectivity index is 1.71. The summed E-state index contributed by atoms with van der Waals surface area (Å²) in [5, 5.41) is 24.8. The van der Waals surface area contributed by atoms with Gasteiger partial charge in [0.2, 0.25) is 11.9 Å². The Bertz CT molecular complexity index is 1320. The second-order valence-electron chi connectivity index (χ2n) is 8.61. The average molecular weight is 429 g/mol. The first-order valence-electron chi connectivity index (χ1n) is 10.8. The molecule has 3 N–H and O–H groups in total. The van der Waals surface area contributed by atoms with Crippen molar-refractivity contribution in [2.75, 3.05) is 23.3 Å². The van der Waals surface area contributed by atoms with E-state index >= 15 is 0 Å². The van der Waals surface area contributed by atoms with Crippen LogP contribution in [0.25, 0.3) is 10.8 Å². The maximum Gasteiger partial charge on any atom is 0.258 e. The van der Waals surface area contributed by atoms with Crippen molar-refractivity contribution in [3.63, 3.8) is 0 Å². The number of aromatic nitrogens is 2. The van der Waals surface area contributed by atoms with Crippen molar-refractivity contribution in [1.29, 1.82) is 5.26 Å². The molecule has 0 aliphatic carbocycles. The molecule has 1 fully saturated rings. The highest BCUT2D eigenvalue weighted by Gasteiger charge is 2.42. The molecule has 2 unspecified atom stereocenters. The lowest BCUT2D eigenvalue weighted by atomic mass is 9.77. The van der Waals surface area contributed by atoms with Crippen molar-refractivity contribution in [2.24, 2.45) is 11.8 Å². The predicted molar refractivity (Wildman–Crippen MR) is 121 cm³/mol. The quantitative estimate of drug-likeness (QED) is 0.575. The number of benzene rings is 2. The number of nitrogens with one attached hydrogen (secondary N) is 2. The number of carbonyl (C=O) groups is 1. The SMILES string of the molecule is CC1CCN(c2nc3c(c(=O)[nH]2)C(c2c(O)ccc4ccccc24)C(C#N)C(=O)N3)CC1. The Hall–Kier alpha value is -3.86. The highest BCUT2D eigenvalue weighted by Crippen LogP contribution is 2.44. The molecule has 0 saturated carbocycles. The lowest BCUT2D eigenvalue weighted by Gasteiger charge is -2.33. The van der Waals surface area contributed by atoms with Gasteiger partial charge in [-0.15, -0.1) is 0 Å². The molecular weight excluding hydrogens is 406 g/mol. The number of amides is 1. The molecule has 3 heterocycles. The Morgan fingerprint density at radius 3 is 2.62 bits per heavy atom. The van der Waals surface area contributed by atoms with E-state index in [4.69, 9.17) is 0 Å². The molecule has 8 nitrogen and oxygen atoms in total. The zero-order chi connectivity index (χ0) is 22.4. The van der Waals surface area contributed by atoms with Crippen molar-refractivity contribution < 1.29 is 9.90 Å². The second kappa shape index (κ2) is 7.68. The molecule has 0 bridgehead atoms. The maximum absolute atomic E-state index is 13.3. The van der Waals surface area contributed by atoms with E-state index in [1.807, 2.05) is 35.2 Å². The summed E-state index contributed by atoms with van der Waals surface area (Å²) in [6, 6.07) is 12.7. The summed E-state index contributed by atoms with van der Waals surface area (Å²) in [5.74, 6) is -1.54. The third-order valence-electron chi connectivity index (χ3n) is 6.59. The van der Waals surface area contributed by atoms with Crippen LogP contribution in [0.3, 0.4) is 0 Å². The monoisotopic (exact) mass is 429 g/mol. The average Bonchev–Trinajstić information content (AvgIpc) is 2.78. The van der Waals surface area contributed by atoms with Gasteiger partial charge in [0.25, 0.3) is 5.56 Å². The number of H-pyrrole nitrogens is 1. The topological polar surface area (TPSA) is 122 Å². The molecular formula is C24H23N5O3. The summed E-state index contributed by atoms with van der Waals surface area (Å²) in [4.78, 5) is 35.7. The fraction of sp³-hybridized carbons (Fsp3) is 0.333. The molecule has 162 valence electrons. The van der Waals surface area contributed by atoms with Gasteiger partial charge in [0.15, 0.2) is 0 Å². The van der Waals surface area contributed by atoms with E-state index in [0.717, 1.165) is 31.3 Å². The number of piperidine rings is 1. The van der Waals surface area contributed by atoms with Crippen molar-refractivity contribution >= 4 is 28.4 Å². The van der Waals surface area contributed by atoms with Gasteiger partial charge in [0, 0.05) is 24.6 Å². The second-order valence-corrected chi connectivity index (χ2v) is 8.61. The zero-order valence-corrected chi connectivity index (χ0v) is 17.6. The summed E-state index contributed by atoms with van der Waals surface area (Å²) in [5.41, 5.74) is 0.163. The molecule has 1 saturated heterocycles. The fourth-order valence-electron chi connectivity index (χ4n) is 4.79. The van der Waals surface area contributed by atoms with Crippen molar-refractivity contribution in [3.05, 3.63) is 57.9 Å². The van der Waals surface area contributed by atoms with Crippen molar-refractivity contribution in [3.8, 4) is 11.8 Å². The van der Waals surface area contributed by atoms with Crippen molar-refractivity contribution in [2.45, 2.75) is 25.7 Å². The number of hydrogen-bond acceptors (Lipinski definition) is 6. The number of aromatic hydroxyl groups is 1. The van der Waals surface area contributed by atoms with Crippen LogP contribution in [0.1, 0.15) is 36.8 Å². The minimum absolute atomic E-state index is 0.0666. The Morgan fingerprint density at radius 2 is 1.88 bits per heavy atom. The summed E-state index contributed by atoms with van der Waals surface area (Å²) in [6.07, 6.45) is 1.99. The van der Waals surface area contributed by atoms with E-state index in [-0.39, 0.29) is 17.1 Å². The van der Waals surface area contributed by atoms with Crippen LogP contribution < -0.4 is 15.8 Å². The molecule has 2 aliphatic rings. The van der Waals surface area contributed by atoms with Crippen molar-refractivity contribution in [1.82, 2.24) is 9.97 Å². The summed E-state index contributed by atoms with van der Waals surface area (Å²) in [7, 11) is 0. The van der Waals surface area contributed by atoms with E-state index in [9.17, 15) is 20.0 Å². The molecule has 2 aliphatic heterocycles. The number of fused-ring (bicyclic) bond motifs is 2. The molecule has 2 aromatic carbocycles. The maximum atomic E-state index is 13.3. The van der Waals surface area contributed by atoms with Gasteiger partial charge in [-0.25, -0.2) is 0 Å². The molecule has 2 atom stereocenters. The van der Waals surface area contributed by atoms with Crippen LogP contribution in [0.5, 0.6) is 5.75 Å². The zero-order valence-electron chi connectivity index (χ0n) is 17.6. The standard InChI is InChI=1S/C24H23N5O3/c1-13-8-10-29(11-9-13)24-27-21-20(23(32)28-24)19(16(12-25)22(31)26-21)18-15-5-3-2-4-14(15)6-7-17(18)30/h2-7,13,16,19,30H,8-11H2,1H3,(H2,26,27,28,31,32). The predicted octanol–water partition coefficient (Wildman–Crippen LogP) is 3.09. The van der Waals surface area contributed by atoms with Gasteiger partial charge >= 0.3 is 0 Å². The number of hydrogen-bond donors (Lipinski definition) is 3. The number of phenolic OH excluding ortho intramolecular Hbond substituents is 1. The third-order valence-corrected chi connectivity index (χ3v) is 6.59. The molecule has 0 spiro atoms. The third kappa shape index (κ3) is 3.17. The molecule has 8 heteroatoms. The number of anilines is 2. The Kier molecular flexibility index (Phi) is 4.82. The van der Waals surface area contributed by atoms with Crippen LogP contribution in [0, 0.1) is 23.2 Å². The van der Waals surface area contributed by atoms with Crippen LogP contribution in [0.2, 0.25) is 0 Å². The fourth-order valence-corrected chi connectivity index (χ4v) is 4.79. The lowest BCUT2D eigenvalue weighted by molar-refractivity contribution is -0.119. The van der Waals surface area contributed by atoms with Crippen LogP contribution >= 0.6 is 0 Å². The van der Waals surface area contributed by atoms with Gasteiger partial charge in [0.05, 0.1) is 11.6 Å². The highest BCUT2D eigenvalue weighted by atomic mass is 16.3. The van der Waals surface area contributed by atoms with Crippen LogP contribution in [-0.4, -0.2) is 34.1 Å². The smallest absolute Gasteiger partial charge is 0.258 e. The molecule has 5 rings (SSSR count). The minimum Gasteiger partial charge on any atom is -0.508 e. The molecule has 1 amide bonds. The molecule has 32 heavy (non-hydrogen) atoms. The van der Waals surface area contributed by atoms with Gasteiger partial charge in [-0.1, -0.05) is 37.3 Å². The summed E-state index contributed by atoms with van der Waals surface area (Å²) in [6.45, 7) is 3.74. The summed E-state index contributed by atoms with van der Waals surface area (Å²) < 4.78 is 0. The first kappa shape index (κ1) is 20.1. The molecule has 1 aromatic heterocycles. The van der Waals surface area contributed by atoms with Crippen LogP contribution in [0.4, 0.5) is 11.8 Å². The number of aromatic amines is 1. The van der Waals surface area contributed by atoms with E-state index in [1.165, 1.54) is 6.07 Å². The van der Waals surface area contributed by atoms with Crippen LogP contribution in [-0.2, 0) is 4.79 Å². The number of nitrogens with zero attached hydrogens (tertiary/aromatic N) is 3. The minimum atomic E-state index is -1.18. The Labute approximate surface area is 184 Å². The summed E-state index contributed by atoms with van der Waals surface area (Å²) >= 11 is 0. The largest absolute Gasteiger partial charge is 0.508 e. The Morgan fingerprint density at radius 1 is 1.12 bits per heavy atom. The van der Waals surface area contributed by atoms with Gasteiger partial charge in [-0.2, -0.15) is 10.2 Å². The molecule has 3 aromatic rings. The number of carbonyl (C=O) groups excluding carboxylic acids is 1. The van der Waals surface area contributed by atoms with Gasteiger partial charge in [-0.3, -0.25) is 14.6 Å². The van der Waals surface area contributed by atoms with Gasteiger partial charge in [-0.05, 0) is 35.6 Å². The highest BCUT2D eigenvalue weighted by molar-refractivity contribution is 5.99. The van der Waals surface area contributed by atoms with E-state index < -0.39 is 23.3 Å². The van der Waals surface area contributed by atoms with E-state index in [1.54, 1.807) is 6.07 Å². The first-order chi connectivity index (χ1) is 15.5. The molecule has 0 radical (unpaired) electrons. The van der Waals surface area contributed by atoms with E-state index in [2.05, 4.69) is 22.2 Å². The number of rotatable bonds is 2. The number of nitriles is 1.